The lowest BCUT2D eigenvalue weighted by atomic mass is 10.0. The lowest BCUT2D eigenvalue weighted by Crippen LogP contribution is -2.33. The van der Waals surface area contributed by atoms with Gasteiger partial charge in [-0.1, -0.05) is 78.9 Å². The molecule has 0 fully saturated rings. The average molecular weight is 409 g/mol. The zero-order valence-corrected chi connectivity index (χ0v) is 17.9. The Kier molecular flexibility index (Phi) is 6.79. The van der Waals surface area contributed by atoms with Crippen LogP contribution in [0.5, 0.6) is 0 Å². The van der Waals surface area contributed by atoms with Crippen molar-refractivity contribution in [1.29, 1.82) is 0 Å². The summed E-state index contributed by atoms with van der Waals surface area (Å²) < 4.78 is 14.4. The molecule has 1 atom stereocenters. The van der Waals surface area contributed by atoms with Crippen molar-refractivity contribution in [3.63, 3.8) is 0 Å². The van der Waals surface area contributed by atoms with Crippen molar-refractivity contribution in [3.8, 4) is 0 Å². The summed E-state index contributed by atoms with van der Waals surface area (Å²) >= 11 is 5.57. The van der Waals surface area contributed by atoms with Gasteiger partial charge in [0.1, 0.15) is 0 Å². The molecule has 0 aliphatic rings. The van der Waals surface area contributed by atoms with Crippen molar-refractivity contribution in [2.24, 2.45) is 0 Å². The second kappa shape index (κ2) is 9.29. The first-order chi connectivity index (χ1) is 13.5. The van der Waals surface area contributed by atoms with Crippen molar-refractivity contribution in [1.82, 2.24) is 9.99 Å². The summed E-state index contributed by atoms with van der Waals surface area (Å²) in [5.74, 6) is 0. The third-order valence-corrected chi connectivity index (χ3v) is 7.91. The van der Waals surface area contributed by atoms with Crippen molar-refractivity contribution in [2.75, 3.05) is 14.1 Å². The molecule has 0 bridgehead atoms. The molecule has 3 nitrogen and oxygen atoms in total. The van der Waals surface area contributed by atoms with E-state index in [1.165, 1.54) is 0 Å². The molecular formula is C23H25N2OPS. The quantitative estimate of drug-likeness (QED) is 0.460. The second-order valence-corrected chi connectivity index (χ2v) is 9.85. The van der Waals surface area contributed by atoms with Gasteiger partial charge in [0, 0.05) is 37.2 Å². The van der Waals surface area contributed by atoms with Gasteiger partial charge in [-0.3, -0.25) is 9.65 Å². The largest absolute Gasteiger partial charge is 0.372 e. The molecule has 1 N–H and O–H groups in total. The van der Waals surface area contributed by atoms with Crippen LogP contribution in [0.2, 0.25) is 0 Å². The molecule has 28 heavy (non-hydrogen) atoms. The van der Waals surface area contributed by atoms with E-state index >= 15 is 0 Å². The normalized spacial score (nSPS) is 12.4. The van der Waals surface area contributed by atoms with Gasteiger partial charge in [-0.25, -0.2) is 0 Å². The molecule has 3 aromatic rings. The van der Waals surface area contributed by atoms with Crippen LogP contribution in [-0.4, -0.2) is 24.0 Å². The van der Waals surface area contributed by atoms with E-state index in [0.717, 1.165) is 21.2 Å². The van der Waals surface area contributed by atoms with Crippen LogP contribution < -0.4 is 15.7 Å². The molecule has 0 saturated heterocycles. The zero-order chi connectivity index (χ0) is 20.0. The Labute approximate surface area is 172 Å². The Morgan fingerprint density at radius 2 is 1.29 bits per heavy atom. The average Bonchev–Trinajstić information content (AvgIpc) is 2.75. The predicted molar refractivity (Wildman–Crippen MR) is 123 cm³/mol. The van der Waals surface area contributed by atoms with Gasteiger partial charge < -0.3 is 4.90 Å². The monoisotopic (exact) mass is 408 g/mol. The van der Waals surface area contributed by atoms with E-state index in [1.807, 2.05) is 97.9 Å². The summed E-state index contributed by atoms with van der Waals surface area (Å²) in [6.07, 6.45) is 0.593. The minimum absolute atomic E-state index is 0.164. The molecule has 144 valence electrons. The van der Waals surface area contributed by atoms with Gasteiger partial charge in [0.2, 0.25) is 7.29 Å². The van der Waals surface area contributed by atoms with E-state index in [4.69, 9.17) is 12.2 Å². The highest BCUT2D eigenvalue weighted by Crippen LogP contribution is 2.42. The highest BCUT2D eigenvalue weighted by Gasteiger charge is 2.31. The van der Waals surface area contributed by atoms with Crippen LogP contribution in [0.1, 0.15) is 18.0 Å². The molecule has 0 spiro atoms. The van der Waals surface area contributed by atoms with Crippen LogP contribution in [-0.2, 0) is 4.57 Å². The lowest BCUT2D eigenvalue weighted by molar-refractivity contribution is 0.552. The first-order valence-corrected chi connectivity index (χ1v) is 11.4. The molecule has 0 radical (unpaired) electrons. The van der Waals surface area contributed by atoms with Crippen molar-refractivity contribution >= 4 is 35.1 Å². The number of hydrogen-bond acceptors (Lipinski definition) is 2. The Morgan fingerprint density at radius 1 is 0.857 bits per heavy atom. The third-order valence-electron chi connectivity index (χ3n) is 4.66. The summed E-state index contributed by atoms with van der Waals surface area (Å²) in [5.41, 5.74) is 1.07. The van der Waals surface area contributed by atoms with Gasteiger partial charge >= 0.3 is 0 Å². The van der Waals surface area contributed by atoms with Crippen LogP contribution in [0.3, 0.4) is 0 Å². The molecule has 5 heteroatoms. The first kappa shape index (κ1) is 20.5. The predicted octanol–water partition coefficient (Wildman–Crippen LogP) is 4.53. The molecular weight excluding hydrogens is 383 g/mol. The van der Waals surface area contributed by atoms with Crippen molar-refractivity contribution in [3.05, 3.63) is 96.6 Å². The zero-order valence-electron chi connectivity index (χ0n) is 16.2. The smallest absolute Gasteiger partial charge is 0.205 e. The Balaban J connectivity index is 2.05. The summed E-state index contributed by atoms with van der Waals surface area (Å²) in [7, 11) is 0.825. The summed E-state index contributed by atoms with van der Waals surface area (Å²) in [6.45, 7) is 0. The van der Waals surface area contributed by atoms with Crippen LogP contribution in [0.25, 0.3) is 0 Å². The summed E-state index contributed by atoms with van der Waals surface area (Å²) in [6, 6.07) is 29.2. The van der Waals surface area contributed by atoms with Crippen LogP contribution in [0, 0.1) is 0 Å². The number of nitrogens with one attached hydrogen (secondary N) is 1. The van der Waals surface area contributed by atoms with E-state index in [2.05, 4.69) is 17.2 Å². The summed E-state index contributed by atoms with van der Waals surface area (Å²) in [5, 5.41) is 5.09. The molecule has 0 aliphatic heterocycles. The fourth-order valence-corrected chi connectivity index (χ4v) is 5.70. The number of rotatable bonds is 7. The van der Waals surface area contributed by atoms with Gasteiger partial charge in [-0.15, -0.1) is 0 Å². The van der Waals surface area contributed by atoms with Crippen molar-refractivity contribution < 1.29 is 4.57 Å². The SMILES string of the molecule is CN(C)C(=S)C[C@@H](NP(=O)(c1ccccc1)c1ccccc1)c1ccccc1. The Morgan fingerprint density at radius 3 is 1.71 bits per heavy atom. The van der Waals surface area contributed by atoms with Crippen LogP contribution >= 0.6 is 19.5 Å². The minimum atomic E-state index is -3.06. The highest BCUT2D eigenvalue weighted by molar-refractivity contribution is 7.80. The van der Waals surface area contributed by atoms with Crippen LogP contribution in [0.4, 0.5) is 0 Å². The van der Waals surface area contributed by atoms with E-state index in [-0.39, 0.29) is 6.04 Å². The Bertz CT molecular complexity index is 903. The van der Waals surface area contributed by atoms with Gasteiger partial charge in [0.15, 0.2) is 0 Å². The van der Waals surface area contributed by atoms with E-state index in [1.54, 1.807) is 0 Å². The van der Waals surface area contributed by atoms with Gasteiger partial charge in [0.25, 0.3) is 0 Å². The summed E-state index contributed by atoms with van der Waals surface area (Å²) in [4.78, 5) is 2.75. The van der Waals surface area contributed by atoms with Gasteiger partial charge in [-0.2, -0.15) is 0 Å². The highest BCUT2D eigenvalue weighted by atomic mass is 32.1. The van der Waals surface area contributed by atoms with E-state index in [0.29, 0.717) is 6.42 Å². The van der Waals surface area contributed by atoms with Gasteiger partial charge in [0.05, 0.1) is 4.99 Å². The maximum absolute atomic E-state index is 14.4. The second-order valence-electron chi connectivity index (χ2n) is 6.87. The molecule has 3 rings (SSSR count). The lowest BCUT2D eigenvalue weighted by Gasteiger charge is -2.28. The van der Waals surface area contributed by atoms with Crippen LogP contribution in [0.15, 0.2) is 91.0 Å². The molecule has 0 unspecified atom stereocenters. The molecule has 3 aromatic carbocycles. The molecule has 0 aromatic heterocycles. The first-order valence-electron chi connectivity index (χ1n) is 9.25. The molecule has 0 amide bonds. The molecule has 0 heterocycles. The standard InChI is InChI=1S/C23H25N2OPS/c1-25(2)23(28)18-22(19-12-6-3-7-13-19)24-27(26,20-14-8-4-9-15-20)21-16-10-5-11-17-21/h3-17,22H,18H2,1-2H3,(H,24,26)/t22-/m1/s1. The molecule has 0 saturated carbocycles. The van der Waals surface area contributed by atoms with Crippen molar-refractivity contribution in [2.45, 2.75) is 12.5 Å². The minimum Gasteiger partial charge on any atom is -0.372 e. The fraction of sp³-hybridized carbons (Fsp3) is 0.174. The van der Waals surface area contributed by atoms with Gasteiger partial charge in [-0.05, 0) is 29.8 Å². The number of thiocarbonyl (C=S) groups is 1. The fourth-order valence-electron chi connectivity index (χ4n) is 3.07. The number of hydrogen-bond donors (Lipinski definition) is 1. The third kappa shape index (κ3) is 4.77. The molecule has 0 aliphatic carbocycles. The number of benzene rings is 3. The maximum Gasteiger partial charge on any atom is 0.205 e. The Hall–Kier alpha value is -2.26. The van der Waals surface area contributed by atoms with E-state index in [9.17, 15) is 4.57 Å². The topological polar surface area (TPSA) is 32.3 Å². The van der Waals surface area contributed by atoms with E-state index < -0.39 is 7.29 Å². The number of nitrogens with zero attached hydrogens (tertiary/aromatic N) is 1. The maximum atomic E-state index is 14.4.